The number of aromatic amines is 1. The summed E-state index contributed by atoms with van der Waals surface area (Å²) in [6, 6.07) is 0.275. The predicted octanol–water partition coefficient (Wildman–Crippen LogP) is -1.39. The third-order valence-electron chi connectivity index (χ3n) is 4.89. The summed E-state index contributed by atoms with van der Waals surface area (Å²) in [6.45, 7) is -0.367. The standard InChI is InChI=1S/C16H13ClFN3O9/c17-5-2-1-3-6(18)8(5)10-9(14(25)29-20-10)12(22)19-7-4-21-11(13(23)24)16(27,28)30-15(7,21)26/h1-3,7,11,20,26-28H,4H2,(H,19,22)(H,23,24)/t7-,11+,15-/m1/s1. The number of fused-ring (bicyclic) bond motifs is 1. The highest BCUT2D eigenvalue weighted by Gasteiger charge is 2.72. The van der Waals surface area contributed by atoms with Crippen LogP contribution in [0.4, 0.5) is 4.39 Å². The largest absolute Gasteiger partial charge is 0.480 e. The second-order valence-electron chi connectivity index (χ2n) is 6.68. The quantitative estimate of drug-likeness (QED) is 0.306. The molecule has 1 aromatic carbocycles. The first-order valence-electron chi connectivity index (χ1n) is 8.31. The summed E-state index contributed by atoms with van der Waals surface area (Å²) in [5, 5.41) is 43.2. The number of nitrogens with one attached hydrogen (secondary N) is 2. The highest BCUT2D eigenvalue weighted by molar-refractivity contribution is 6.33. The first-order chi connectivity index (χ1) is 14.0. The van der Waals surface area contributed by atoms with E-state index in [2.05, 4.69) is 19.7 Å². The van der Waals surface area contributed by atoms with Crippen LogP contribution in [0.3, 0.4) is 0 Å². The van der Waals surface area contributed by atoms with E-state index in [1.54, 1.807) is 0 Å². The zero-order chi connectivity index (χ0) is 22.0. The number of rotatable bonds is 4. The summed E-state index contributed by atoms with van der Waals surface area (Å²) in [5.74, 6) is -9.49. The number of aromatic nitrogens is 1. The minimum Gasteiger partial charge on any atom is -0.480 e. The molecule has 1 aromatic heterocycles. The van der Waals surface area contributed by atoms with Crippen LogP contribution in [-0.4, -0.2) is 72.9 Å². The SMILES string of the molecule is O=C(N[C@@H]1CN2[C@@H](C(=O)O)C(O)(O)O[C@]12O)c1c(-c2c(F)cccc2Cl)[nH]oc1=O. The molecular weight excluding hydrogens is 433 g/mol. The number of benzene rings is 1. The van der Waals surface area contributed by atoms with Gasteiger partial charge in [-0.2, -0.15) is 0 Å². The molecule has 3 heterocycles. The van der Waals surface area contributed by atoms with Crippen LogP contribution in [0.25, 0.3) is 11.3 Å². The molecule has 4 rings (SSSR count). The molecule has 0 unspecified atom stereocenters. The van der Waals surface area contributed by atoms with Gasteiger partial charge >= 0.3 is 17.6 Å². The number of H-pyrrole nitrogens is 1. The van der Waals surface area contributed by atoms with Crippen molar-refractivity contribution in [3.05, 3.63) is 45.0 Å². The third kappa shape index (κ3) is 2.83. The van der Waals surface area contributed by atoms with E-state index >= 15 is 0 Å². The lowest BCUT2D eigenvalue weighted by Crippen LogP contribution is -2.75. The second-order valence-corrected chi connectivity index (χ2v) is 7.08. The smallest absolute Gasteiger partial charge is 0.370 e. The number of hydrogen-bond acceptors (Lipinski definition) is 9. The number of carbonyl (C=O) groups is 2. The van der Waals surface area contributed by atoms with E-state index in [0.29, 0.717) is 4.90 Å². The minimum atomic E-state index is -3.24. The lowest BCUT2D eigenvalue weighted by molar-refractivity contribution is -0.406. The number of ether oxygens (including phenoxy) is 1. The Morgan fingerprint density at radius 3 is 2.67 bits per heavy atom. The van der Waals surface area contributed by atoms with Crippen molar-refractivity contribution in [2.75, 3.05) is 6.54 Å². The van der Waals surface area contributed by atoms with Crippen molar-refractivity contribution in [3.8, 4) is 11.3 Å². The third-order valence-corrected chi connectivity index (χ3v) is 5.21. The zero-order valence-electron chi connectivity index (χ0n) is 14.6. The van der Waals surface area contributed by atoms with Crippen LogP contribution < -0.4 is 10.9 Å². The van der Waals surface area contributed by atoms with Gasteiger partial charge < -0.3 is 30.3 Å². The number of halogens is 2. The van der Waals surface area contributed by atoms with Crippen LogP contribution in [0, 0.1) is 5.82 Å². The van der Waals surface area contributed by atoms with Gasteiger partial charge in [0.15, 0.2) is 11.6 Å². The van der Waals surface area contributed by atoms with Crippen molar-refractivity contribution >= 4 is 23.5 Å². The van der Waals surface area contributed by atoms with Crippen LogP contribution in [0.2, 0.25) is 5.02 Å². The summed E-state index contributed by atoms with van der Waals surface area (Å²) in [4.78, 5) is 36.6. The normalized spacial score (nSPS) is 27.4. The van der Waals surface area contributed by atoms with Gasteiger partial charge in [-0.25, -0.2) is 19.2 Å². The van der Waals surface area contributed by atoms with Gasteiger partial charge in [0.25, 0.3) is 11.8 Å². The molecule has 0 spiro atoms. The molecule has 0 saturated carbocycles. The lowest BCUT2D eigenvalue weighted by Gasteiger charge is -2.48. The Kier molecular flexibility index (Phi) is 4.50. The van der Waals surface area contributed by atoms with Crippen molar-refractivity contribution in [1.82, 2.24) is 15.4 Å². The number of hydrogen-bond donors (Lipinski definition) is 6. The Labute approximate surface area is 170 Å². The fourth-order valence-corrected chi connectivity index (χ4v) is 3.78. The number of nitrogens with zero attached hydrogens (tertiary/aromatic N) is 1. The van der Waals surface area contributed by atoms with Crippen molar-refractivity contribution in [1.29, 1.82) is 0 Å². The highest BCUT2D eigenvalue weighted by atomic mass is 35.5. The van der Waals surface area contributed by atoms with Gasteiger partial charge in [-0.3, -0.25) is 14.3 Å². The molecule has 2 aromatic rings. The molecule has 3 atom stereocenters. The van der Waals surface area contributed by atoms with E-state index in [9.17, 15) is 34.1 Å². The topological polar surface area (TPSA) is 186 Å². The maximum Gasteiger partial charge on any atom is 0.370 e. The van der Waals surface area contributed by atoms with E-state index in [4.69, 9.17) is 16.7 Å². The van der Waals surface area contributed by atoms with Crippen molar-refractivity contribution in [2.24, 2.45) is 0 Å². The van der Waals surface area contributed by atoms with E-state index in [1.165, 1.54) is 12.1 Å². The highest BCUT2D eigenvalue weighted by Crippen LogP contribution is 2.44. The van der Waals surface area contributed by atoms with Crippen molar-refractivity contribution in [3.63, 3.8) is 0 Å². The maximum absolute atomic E-state index is 14.2. The van der Waals surface area contributed by atoms with E-state index in [0.717, 1.165) is 6.07 Å². The molecule has 0 radical (unpaired) electrons. The lowest BCUT2D eigenvalue weighted by atomic mass is 9.99. The van der Waals surface area contributed by atoms with Gasteiger partial charge in [-0.15, -0.1) is 0 Å². The predicted molar refractivity (Wildman–Crippen MR) is 92.3 cm³/mol. The number of aliphatic hydroxyl groups is 3. The minimum absolute atomic E-state index is 0.122. The number of amides is 1. The molecule has 30 heavy (non-hydrogen) atoms. The molecule has 160 valence electrons. The van der Waals surface area contributed by atoms with Gasteiger partial charge in [0.05, 0.1) is 10.6 Å². The molecule has 2 fully saturated rings. The fraction of sp³-hybridized carbons (Fsp3) is 0.312. The monoisotopic (exact) mass is 445 g/mol. The van der Waals surface area contributed by atoms with Gasteiger partial charge in [0.2, 0.25) is 0 Å². The fourth-order valence-electron chi connectivity index (χ4n) is 3.52. The van der Waals surface area contributed by atoms with Crippen LogP contribution >= 0.6 is 11.6 Å². The summed E-state index contributed by atoms with van der Waals surface area (Å²) >= 11 is 5.95. The van der Waals surface area contributed by atoms with Gasteiger partial charge in [0.1, 0.15) is 17.6 Å². The van der Waals surface area contributed by atoms with E-state index < -0.39 is 52.9 Å². The Balaban J connectivity index is 1.63. The van der Waals surface area contributed by atoms with Crippen molar-refractivity contribution < 1.29 is 43.7 Å². The molecule has 0 bridgehead atoms. The molecule has 2 aliphatic rings. The summed E-state index contributed by atoms with van der Waals surface area (Å²) in [7, 11) is 0. The van der Waals surface area contributed by atoms with Gasteiger partial charge in [-0.1, -0.05) is 17.7 Å². The first kappa shape index (κ1) is 20.5. The Hall–Kier alpha value is -2.81. The van der Waals surface area contributed by atoms with Crippen LogP contribution in [-0.2, 0) is 9.53 Å². The first-order valence-corrected chi connectivity index (χ1v) is 8.68. The summed E-state index contributed by atoms with van der Waals surface area (Å²) in [6.07, 6.45) is 0. The number of aliphatic carboxylic acids is 1. The maximum atomic E-state index is 14.2. The van der Waals surface area contributed by atoms with Gasteiger partial charge in [0, 0.05) is 6.54 Å². The van der Waals surface area contributed by atoms with E-state index in [1.807, 2.05) is 0 Å². The summed E-state index contributed by atoms with van der Waals surface area (Å²) in [5.41, 5.74) is -2.51. The second kappa shape index (κ2) is 6.60. The van der Waals surface area contributed by atoms with E-state index in [-0.39, 0.29) is 22.8 Å². The molecule has 12 nitrogen and oxygen atoms in total. The Morgan fingerprint density at radius 2 is 2.03 bits per heavy atom. The number of carboxylic acid groups (broad SMARTS) is 1. The zero-order valence-corrected chi connectivity index (χ0v) is 15.4. The molecule has 6 N–H and O–H groups in total. The summed E-state index contributed by atoms with van der Waals surface area (Å²) < 4.78 is 23.4. The van der Waals surface area contributed by atoms with Crippen LogP contribution in [0.15, 0.2) is 27.5 Å². The van der Waals surface area contributed by atoms with Crippen LogP contribution in [0.5, 0.6) is 0 Å². The molecule has 0 aliphatic carbocycles. The molecular formula is C16H13ClFN3O9. The molecule has 2 saturated heterocycles. The number of carboxylic acids is 1. The molecule has 2 aliphatic heterocycles. The molecule has 1 amide bonds. The number of carbonyl (C=O) groups excluding carboxylic acids is 1. The van der Waals surface area contributed by atoms with Crippen LogP contribution in [0.1, 0.15) is 10.4 Å². The average molecular weight is 446 g/mol. The molecule has 14 heteroatoms. The van der Waals surface area contributed by atoms with Gasteiger partial charge in [-0.05, 0) is 12.1 Å². The Morgan fingerprint density at radius 1 is 1.33 bits per heavy atom. The average Bonchev–Trinajstić information content (AvgIpc) is 3.07. The Bertz CT molecular complexity index is 1100. The van der Waals surface area contributed by atoms with Crippen molar-refractivity contribution in [2.45, 2.75) is 24.0 Å².